The molecule has 26 heavy (non-hydrogen) atoms. The summed E-state index contributed by atoms with van der Waals surface area (Å²) in [7, 11) is 0. The monoisotopic (exact) mass is 411 g/mol. The number of benzene rings is 2. The number of ketones is 1. The third-order valence-electron chi connectivity index (χ3n) is 4.65. The summed E-state index contributed by atoms with van der Waals surface area (Å²) in [5.41, 5.74) is 1.27. The van der Waals surface area contributed by atoms with Crippen molar-refractivity contribution in [1.82, 2.24) is 0 Å². The Morgan fingerprint density at radius 1 is 1.27 bits per heavy atom. The normalized spacial score (nSPS) is 18.6. The topological polar surface area (TPSA) is 57.6 Å². The van der Waals surface area contributed by atoms with Crippen molar-refractivity contribution >= 4 is 33.3 Å². The molecule has 1 atom stereocenters. The second-order valence-corrected chi connectivity index (χ2v) is 7.45. The van der Waals surface area contributed by atoms with Crippen molar-refractivity contribution in [2.75, 3.05) is 11.4 Å². The van der Waals surface area contributed by atoms with Crippen molar-refractivity contribution in [3.05, 3.63) is 63.1 Å². The van der Waals surface area contributed by atoms with Crippen LogP contribution in [0.3, 0.4) is 0 Å². The molecule has 2 aromatic rings. The average Bonchev–Trinajstić information content (AvgIpc) is 2.79. The van der Waals surface area contributed by atoms with Gasteiger partial charge >= 0.3 is 0 Å². The first-order chi connectivity index (χ1) is 12.3. The Morgan fingerprint density at radius 2 is 2.00 bits per heavy atom. The Labute approximate surface area is 161 Å². The van der Waals surface area contributed by atoms with Crippen molar-refractivity contribution < 1.29 is 14.7 Å². The van der Waals surface area contributed by atoms with Crippen LogP contribution in [0.25, 0.3) is 0 Å². The van der Waals surface area contributed by atoms with Gasteiger partial charge in [-0.25, -0.2) is 0 Å². The molecule has 132 valence electrons. The standard InChI is InChI=1S/C21H18BrNO3/c1-4-9-23-18-8-7-15(22)11-17(18)21(26,20(23)25)12-19(24)16-10-13(2)5-6-14(16)3/h1,5-8,10-11,26H,9,12H2,2-3H3. The number of aliphatic hydroxyl groups is 1. The van der Waals surface area contributed by atoms with Crippen LogP contribution in [-0.4, -0.2) is 23.3 Å². The fourth-order valence-electron chi connectivity index (χ4n) is 3.31. The number of rotatable bonds is 4. The third-order valence-corrected chi connectivity index (χ3v) is 5.15. The Morgan fingerprint density at radius 3 is 2.69 bits per heavy atom. The number of anilines is 1. The van der Waals surface area contributed by atoms with E-state index in [-0.39, 0.29) is 18.7 Å². The molecule has 1 heterocycles. The molecule has 0 fully saturated rings. The van der Waals surface area contributed by atoms with Crippen LogP contribution in [0.1, 0.15) is 33.5 Å². The number of nitrogens with zero attached hydrogens (tertiary/aromatic N) is 1. The maximum Gasteiger partial charge on any atom is 0.265 e. The molecule has 1 N–H and O–H groups in total. The average molecular weight is 412 g/mol. The highest BCUT2D eigenvalue weighted by molar-refractivity contribution is 9.10. The number of hydrogen-bond acceptors (Lipinski definition) is 3. The molecule has 0 radical (unpaired) electrons. The van der Waals surface area contributed by atoms with E-state index in [4.69, 9.17) is 6.42 Å². The molecule has 5 heteroatoms. The molecule has 0 saturated carbocycles. The maximum atomic E-state index is 12.9. The molecule has 3 rings (SSSR count). The first-order valence-corrected chi connectivity index (χ1v) is 8.95. The largest absolute Gasteiger partial charge is 0.375 e. The summed E-state index contributed by atoms with van der Waals surface area (Å²) in [4.78, 5) is 27.2. The molecule has 0 spiro atoms. The van der Waals surface area contributed by atoms with Gasteiger partial charge in [0.25, 0.3) is 5.91 Å². The van der Waals surface area contributed by atoms with E-state index in [9.17, 15) is 14.7 Å². The fourth-order valence-corrected chi connectivity index (χ4v) is 3.67. The zero-order chi connectivity index (χ0) is 19.1. The van der Waals surface area contributed by atoms with E-state index in [0.29, 0.717) is 21.3 Å². The van der Waals surface area contributed by atoms with E-state index in [1.807, 2.05) is 26.0 Å². The van der Waals surface area contributed by atoms with Crippen LogP contribution >= 0.6 is 15.9 Å². The van der Waals surface area contributed by atoms with Crippen molar-refractivity contribution in [3.8, 4) is 12.3 Å². The molecule has 4 nitrogen and oxygen atoms in total. The highest BCUT2D eigenvalue weighted by Crippen LogP contribution is 2.44. The summed E-state index contributed by atoms with van der Waals surface area (Å²) in [6.07, 6.45) is 5.04. The van der Waals surface area contributed by atoms with Crippen LogP contribution in [-0.2, 0) is 10.4 Å². The molecule has 1 amide bonds. The van der Waals surface area contributed by atoms with Gasteiger partial charge in [-0.3, -0.25) is 14.5 Å². The van der Waals surface area contributed by atoms with E-state index < -0.39 is 11.5 Å². The molecule has 0 bridgehead atoms. The predicted molar refractivity (Wildman–Crippen MR) is 104 cm³/mol. The highest BCUT2D eigenvalue weighted by Gasteiger charge is 2.50. The zero-order valence-corrected chi connectivity index (χ0v) is 16.1. The Hall–Kier alpha value is -2.42. The van der Waals surface area contributed by atoms with E-state index in [1.165, 1.54) is 4.90 Å². The summed E-state index contributed by atoms with van der Waals surface area (Å²) < 4.78 is 0.712. The molecule has 0 aromatic heterocycles. The Bertz CT molecular complexity index is 960. The highest BCUT2D eigenvalue weighted by atomic mass is 79.9. The van der Waals surface area contributed by atoms with Gasteiger partial charge in [-0.05, 0) is 43.7 Å². The van der Waals surface area contributed by atoms with Crippen molar-refractivity contribution in [2.45, 2.75) is 25.9 Å². The smallest absolute Gasteiger partial charge is 0.265 e. The second kappa shape index (κ2) is 6.71. The zero-order valence-electron chi connectivity index (χ0n) is 14.5. The number of hydrogen-bond donors (Lipinski definition) is 1. The van der Waals surface area contributed by atoms with Gasteiger partial charge in [0.15, 0.2) is 11.4 Å². The summed E-state index contributed by atoms with van der Waals surface area (Å²) in [5.74, 6) is 1.58. The predicted octanol–water partition coefficient (Wildman–Crippen LogP) is 3.51. The third kappa shape index (κ3) is 2.96. The van der Waals surface area contributed by atoms with Gasteiger partial charge in [0.2, 0.25) is 0 Å². The quantitative estimate of drug-likeness (QED) is 0.618. The lowest BCUT2D eigenvalue weighted by atomic mass is 9.87. The van der Waals surface area contributed by atoms with Crippen LogP contribution in [0.15, 0.2) is 40.9 Å². The number of halogens is 1. The number of fused-ring (bicyclic) bond motifs is 1. The molecular weight excluding hydrogens is 394 g/mol. The minimum absolute atomic E-state index is 0.0352. The Balaban J connectivity index is 2.05. The van der Waals surface area contributed by atoms with Gasteiger partial charge in [0.1, 0.15) is 0 Å². The summed E-state index contributed by atoms with van der Waals surface area (Å²) in [6.45, 7) is 3.77. The summed E-state index contributed by atoms with van der Waals surface area (Å²) in [6, 6.07) is 10.7. The fraction of sp³-hybridized carbons (Fsp3) is 0.238. The van der Waals surface area contributed by atoms with Gasteiger partial charge in [0.05, 0.1) is 18.7 Å². The number of carbonyl (C=O) groups is 2. The van der Waals surface area contributed by atoms with Crippen LogP contribution in [0.4, 0.5) is 5.69 Å². The molecular formula is C21H18BrNO3. The van der Waals surface area contributed by atoms with Crippen molar-refractivity contribution in [2.24, 2.45) is 0 Å². The number of aryl methyl sites for hydroxylation is 2. The molecule has 1 aliphatic heterocycles. The minimum atomic E-state index is -1.93. The lowest BCUT2D eigenvalue weighted by Crippen LogP contribution is -2.42. The maximum absolute atomic E-state index is 12.9. The first kappa shape index (κ1) is 18.4. The number of carbonyl (C=O) groups excluding carboxylic acids is 2. The first-order valence-electron chi connectivity index (χ1n) is 8.16. The number of terminal acetylenes is 1. The van der Waals surface area contributed by atoms with Crippen molar-refractivity contribution in [1.29, 1.82) is 0 Å². The van der Waals surface area contributed by atoms with E-state index >= 15 is 0 Å². The van der Waals surface area contributed by atoms with Gasteiger partial charge in [0, 0.05) is 15.6 Å². The van der Waals surface area contributed by atoms with Crippen LogP contribution in [0, 0.1) is 26.2 Å². The van der Waals surface area contributed by atoms with Gasteiger partial charge in [-0.2, -0.15) is 0 Å². The lowest BCUT2D eigenvalue weighted by Gasteiger charge is -2.22. The van der Waals surface area contributed by atoms with Crippen LogP contribution < -0.4 is 4.90 Å². The second-order valence-electron chi connectivity index (χ2n) is 6.54. The van der Waals surface area contributed by atoms with Gasteiger partial charge in [-0.15, -0.1) is 6.42 Å². The van der Waals surface area contributed by atoms with E-state index in [0.717, 1.165) is 11.1 Å². The van der Waals surface area contributed by atoms with E-state index in [1.54, 1.807) is 24.3 Å². The minimum Gasteiger partial charge on any atom is -0.375 e. The lowest BCUT2D eigenvalue weighted by molar-refractivity contribution is -0.135. The SMILES string of the molecule is C#CCN1C(=O)C(O)(CC(=O)c2cc(C)ccc2C)c2cc(Br)ccc21. The van der Waals surface area contributed by atoms with Gasteiger partial charge in [-0.1, -0.05) is 39.5 Å². The van der Waals surface area contributed by atoms with Gasteiger partial charge < -0.3 is 5.11 Å². The molecule has 0 saturated heterocycles. The summed E-state index contributed by atoms with van der Waals surface area (Å²) in [5, 5.41) is 11.2. The van der Waals surface area contributed by atoms with Crippen molar-refractivity contribution in [3.63, 3.8) is 0 Å². The molecule has 1 aliphatic rings. The molecule has 0 aliphatic carbocycles. The number of Topliss-reactive ketones (excluding diaryl/α,β-unsaturated/α-hetero) is 1. The Kier molecular flexibility index (Phi) is 4.74. The van der Waals surface area contributed by atoms with E-state index in [2.05, 4.69) is 21.9 Å². The molecule has 2 aromatic carbocycles. The van der Waals surface area contributed by atoms with Crippen LogP contribution in [0.5, 0.6) is 0 Å². The number of amides is 1. The van der Waals surface area contributed by atoms with Crippen LogP contribution in [0.2, 0.25) is 0 Å². The molecule has 1 unspecified atom stereocenters. The summed E-state index contributed by atoms with van der Waals surface area (Å²) >= 11 is 3.36.